The van der Waals surface area contributed by atoms with Crippen molar-refractivity contribution in [3.8, 4) is 11.8 Å². The van der Waals surface area contributed by atoms with Gasteiger partial charge in [-0.15, -0.1) is 5.10 Å². The molecule has 2 aromatic rings. The maximum atomic E-state index is 12.1. The van der Waals surface area contributed by atoms with Gasteiger partial charge in [-0.1, -0.05) is 19.9 Å². The molecule has 1 atom stereocenters. The lowest BCUT2D eigenvalue weighted by molar-refractivity contribution is -0.121. The number of hydrogen-bond donors (Lipinski definition) is 2. The van der Waals surface area contributed by atoms with E-state index in [1.807, 2.05) is 39.0 Å². The summed E-state index contributed by atoms with van der Waals surface area (Å²) < 4.78 is 1.56. The van der Waals surface area contributed by atoms with Gasteiger partial charge in [-0.2, -0.15) is 5.26 Å². The first kappa shape index (κ1) is 17.4. The number of nitrogens with zero attached hydrogens (tertiary/aromatic N) is 5. The van der Waals surface area contributed by atoms with Gasteiger partial charge in [0.2, 0.25) is 5.91 Å². The fraction of sp³-hybridized carbons (Fsp3) is 0.438. The van der Waals surface area contributed by atoms with E-state index in [1.165, 1.54) is 6.33 Å². The molecule has 0 aliphatic carbocycles. The molecule has 0 bridgehead atoms. The van der Waals surface area contributed by atoms with Crippen LogP contribution in [0.25, 0.3) is 5.69 Å². The van der Waals surface area contributed by atoms with E-state index in [0.29, 0.717) is 0 Å². The molecule has 8 heteroatoms. The minimum absolute atomic E-state index is 0.0113. The number of nitrogens with one attached hydrogen (secondary N) is 2. The third-order valence-corrected chi connectivity index (χ3v) is 4.04. The second-order valence-corrected chi connectivity index (χ2v) is 6.13. The smallest absolute Gasteiger partial charge is 0.240 e. The summed E-state index contributed by atoms with van der Waals surface area (Å²) in [7, 11) is 0. The van der Waals surface area contributed by atoms with E-state index in [-0.39, 0.29) is 18.4 Å². The van der Waals surface area contributed by atoms with E-state index in [1.54, 1.807) is 11.6 Å². The average molecular weight is 327 g/mol. The van der Waals surface area contributed by atoms with Crippen LogP contribution >= 0.6 is 0 Å². The fourth-order valence-corrected chi connectivity index (χ4v) is 2.06. The molecule has 24 heavy (non-hydrogen) atoms. The summed E-state index contributed by atoms with van der Waals surface area (Å²) in [6.45, 7) is 7.54. The molecule has 126 valence electrons. The maximum absolute atomic E-state index is 12.1. The number of carbonyl (C=O) groups excluding carboxylic acids is 1. The largest absolute Gasteiger partial charge is 0.376 e. The second kappa shape index (κ2) is 7.08. The molecular formula is C16H21N7O. The molecule has 1 amide bonds. The van der Waals surface area contributed by atoms with Gasteiger partial charge < -0.3 is 10.6 Å². The molecule has 2 rings (SSSR count). The lowest BCUT2D eigenvalue weighted by Gasteiger charge is -2.27. The third-order valence-electron chi connectivity index (χ3n) is 4.04. The standard InChI is InChI=1S/C16H21N7O/c1-11(2)16(4,9-17)20-15(24)8-18-13-6-5-12(3)14(7-13)23-10-19-21-22-23/h5-7,10-11,18H,8H2,1-4H3,(H,20,24)/t16-/m0/s1. The van der Waals surface area contributed by atoms with Gasteiger partial charge in [0.1, 0.15) is 11.9 Å². The van der Waals surface area contributed by atoms with Crippen molar-refractivity contribution in [1.29, 1.82) is 5.26 Å². The number of aryl methyl sites for hydroxylation is 1. The van der Waals surface area contributed by atoms with Crippen LogP contribution in [0.5, 0.6) is 0 Å². The molecule has 0 unspecified atom stereocenters. The number of rotatable bonds is 6. The second-order valence-electron chi connectivity index (χ2n) is 6.13. The van der Waals surface area contributed by atoms with Crippen LogP contribution < -0.4 is 10.6 Å². The molecule has 2 N–H and O–H groups in total. The number of amides is 1. The van der Waals surface area contributed by atoms with Gasteiger partial charge in [0.05, 0.1) is 18.3 Å². The lowest BCUT2D eigenvalue weighted by atomic mass is 9.90. The number of nitriles is 1. The number of tetrazole rings is 1. The van der Waals surface area contributed by atoms with Crippen LogP contribution in [0.2, 0.25) is 0 Å². The van der Waals surface area contributed by atoms with Crippen molar-refractivity contribution in [2.24, 2.45) is 5.92 Å². The molecule has 0 aliphatic rings. The van der Waals surface area contributed by atoms with Crippen LogP contribution in [0.4, 0.5) is 5.69 Å². The molecule has 1 heterocycles. The highest BCUT2D eigenvalue weighted by Crippen LogP contribution is 2.18. The molecular weight excluding hydrogens is 306 g/mol. The predicted octanol–water partition coefficient (Wildman–Crippen LogP) is 1.44. The Balaban J connectivity index is 2.04. The quantitative estimate of drug-likeness (QED) is 0.831. The van der Waals surface area contributed by atoms with Crippen molar-refractivity contribution in [2.75, 3.05) is 11.9 Å². The van der Waals surface area contributed by atoms with E-state index < -0.39 is 5.54 Å². The van der Waals surface area contributed by atoms with Crippen LogP contribution in [-0.4, -0.2) is 38.2 Å². The van der Waals surface area contributed by atoms with E-state index in [4.69, 9.17) is 0 Å². The summed E-state index contributed by atoms with van der Waals surface area (Å²) in [6.07, 6.45) is 1.51. The highest BCUT2D eigenvalue weighted by Gasteiger charge is 2.29. The number of hydrogen-bond acceptors (Lipinski definition) is 6. The average Bonchev–Trinajstić information content (AvgIpc) is 3.08. The zero-order valence-corrected chi connectivity index (χ0v) is 14.2. The number of benzene rings is 1. The Kier molecular flexibility index (Phi) is 5.14. The summed E-state index contributed by atoms with van der Waals surface area (Å²) in [5.74, 6) is -0.227. The lowest BCUT2D eigenvalue weighted by Crippen LogP contribution is -2.50. The fourth-order valence-electron chi connectivity index (χ4n) is 2.06. The van der Waals surface area contributed by atoms with Crippen LogP contribution in [0.15, 0.2) is 24.5 Å². The van der Waals surface area contributed by atoms with Gasteiger partial charge in [-0.25, -0.2) is 4.68 Å². The Labute approximate surface area is 140 Å². The molecule has 0 spiro atoms. The van der Waals surface area contributed by atoms with Gasteiger partial charge in [-0.05, 0) is 47.9 Å². The van der Waals surface area contributed by atoms with Crippen LogP contribution in [0, 0.1) is 24.2 Å². The van der Waals surface area contributed by atoms with E-state index in [0.717, 1.165) is 16.9 Å². The Morgan fingerprint density at radius 1 is 1.46 bits per heavy atom. The van der Waals surface area contributed by atoms with Crippen molar-refractivity contribution >= 4 is 11.6 Å². The summed E-state index contributed by atoms with van der Waals surface area (Å²) in [4.78, 5) is 12.1. The highest BCUT2D eigenvalue weighted by atomic mass is 16.2. The van der Waals surface area contributed by atoms with Gasteiger partial charge in [0.15, 0.2) is 0 Å². The molecule has 1 aromatic heterocycles. The SMILES string of the molecule is Cc1ccc(NCC(=O)N[C@@](C)(C#N)C(C)C)cc1-n1cnnn1. The van der Waals surface area contributed by atoms with Crippen molar-refractivity contribution in [1.82, 2.24) is 25.5 Å². The van der Waals surface area contributed by atoms with Crippen LogP contribution in [0.3, 0.4) is 0 Å². The van der Waals surface area contributed by atoms with E-state index in [9.17, 15) is 10.1 Å². The summed E-state index contributed by atoms with van der Waals surface area (Å²) in [6, 6.07) is 7.82. The third kappa shape index (κ3) is 3.87. The summed E-state index contributed by atoms with van der Waals surface area (Å²) in [5, 5.41) is 26.2. The van der Waals surface area contributed by atoms with Crippen molar-refractivity contribution in [2.45, 2.75) is 33.2 Å². The normalized spacial score (nSPS) is 13.2. The summed E-state index contributed by atoms with van der Waals surface area (Å²) >= 11 is 0. The van der Waals surface area contributed by atoms with Crippen LogP contribution in [-0.2, 0) is 4.79 Å². The van der Waals surface area contributed by atoms with Crippen molar-refractivity contribution in [3.63, 3.8) is 0 Å². The molecule has 0 fully saturated rings. The Morgan fingerprint density at radius 2 is 2.21 bits per heavy atom. The Morgan fingerprint density at radius 3 is 2.79 bits per heavy atom. The first-order valence-corrected chi connectivity index (χ1v) is 7.66. The monoisotopic (exact) mass is 327 g/mol. The van der Waals surface area contributed by atoms with Crippen LogP contribution in [0.1, 0.15) is 26.3 Å². The first-order chi connectivity index (χ1) is 11.4. The zero-order valence-electron chi connectivity index (χ0n) is 14.2. The van der Waals surface area contributed by atoms with Crippen molar-refractivity contribution < 1.29 is 4.79 Å². The molecule has 0 saturated carbocycles. The van der Waals surface area contributed by atoms with Gasteiger partial charge >= 0.3 is 0 Å². The first-order valence-electron chi connectivity index (χ1n) is 7.66. The van der Waals surface area contributed by atoms with Gasteiger partial charge in [-0.3, -0.25) is 4.79 Å². The highest BCUT2D eigenvalue weighted by molar-refractivity contribution is 5.82. The molecule has 0 radical (unpaired) electrons. The van der Waals surface area contributed by atoms with Gasteiger partial charge in [0.25, 0.3) is 0 Å². The zero-order chi connectivity index (χ0) is 17.7. The molecule has 0 saturated heterocycles. The Bertz CT molecular complexity index is 748. The molecule has 8 nitrogen and oxygen atoms in total. The predicted molar refractivity (Wildman–Crippen MR) is 89.4 cm³/mol. The van der Waals surface area contributed by atoms with Gasteiger partial charge in [0, 0.05) is 5.69 Å². The molecule has 0 aliphatic heterocycles. The van der Waals surface area contributed by atoms with Crippen molar-refractivity contribution in [3.05, 3.63) is 30.1 Å². The summed E-state index contributed by atoms with van der Waals surface area (Å²) in [5.41, 5.74) is 1.72. The Hall–Kier alpha value is -2.95. The minimum Gasteiger partial charge on any atom is -0.376 e. The van der Waals surface area contributed by atoms with E-state index in [2.05, 4.69) is 32.2 Å². The topological polar surface area (TPSA) is 109 Å². The number of aromatic nitrogens is 4. The minimum atomic E-state index is -0.885. The molecule has 1 aromatic carbocycles. The number of anilines is 1. The van der Waals surface area contributed by atoms with E-state index >= 15 is 0 Å². The maximum Gasteiger partial charge on any atom is 0.240 e. The number of carbonyl (C=O) groups is 1.